The van der Waals surface area contributed by atoms with E-state index in [0.29, 0.717) is 17.3 Å². The summed E-state index contributed by atoms with van der Waals surface area (Å²) in [6.45, 7) is 8.37. The highest BCUT2D eigenvalue weighted by molar-refractivity contribution is 5.99. The lowest BCUT2D eigenvalue weighted by Crippen LogP contribution is -2.23. The fourth-order valence-electron chi connectivity index (χ4n) is 2.35. The molecule has 2 atom stereocenters. The summed E-state index contributed by atoms with van der Waals surface area (Å²) in [5, 5.41) is 16.1. The summed E-state index contributed by atoms with van der Waals surface area (Å²) in [5.74, 6) is 0.526. The number of aryl methyl sites for hydroxylation is 1. The Labute approximate surface area is 124 Å². The van der Waals surface area contributed by atoms with E-state index in [2.05, 4.69) is 31.1 Å². The first-order valence-corrected chi connectivity index (χ1v) is 7.24. The van der Waals surface area contributed by atoms with Gasteiger partial charge in [0.15, 0.2) is 0 Å². The third-order valence-corrected chi connectivity index (χ3v) is 4.09. The Kier molecular flexibility index (Phi) is 4.40. The summed E-state index contributed by atoms with van der Waals surface area (Å²) in [4.78, 5) is 15.0. The van der Waals surface area contributed by atoms with Crippen LogP contribution in [0.5, 0.6) is 0 Å². The van der Waals surface area contributed by atoms with Crippen molar-refractivity contribution in [1.82, 2.24) is 4.98 Å². The molecule has 0 saturated carbocycles. The first-order valence-electron chi connectivity index (χ1n) is 7.24. The van der Waals surface area contributed by atoms with Crippen molar-refractivity contribution in [1.29, 1.82) is 0 Å². The van der Waals surface area contributed by atoms with Crippen molar-refractivity contribution >= 4 is 22.1 Å². The zero-order chi connectivity index (χ0) is 15.6. The first kappa shape index (κ1) is 15.2. The lowest BCUT2D eigenvalue weighted by atomic mass is 9.99. The number of aromatic nitrogens is 1. The third-order valence-electron chi connectivity index (χ3n) is 4.09. The summed E-state index contributed by atoms with van der Waals surface area (Å²) >= 11 is 0. The molecule has 0 amide bonds. The monoisotopic (exact) mass is 287 g/mol. The Morgan fingerprint density at radius 2 is 2.05 bits per heavy atom. The van der Waals surface area contributed by atoms with Crippen LogP contribution in [0.3, 0.4) is 0 Å². The van der Waals surface area contributed by atoms with Crippen molar-refractivity contribution < 1.29 is 4.92 Å². The van der Waals surface area contributed by atoms with Gasteiger partial charge in [-0.2, -0.15) is 0 Å². The Hall–Kier alpha value is -2.17. The summed E-state index contributed by atoms with van der Waals surface area (Å²) < 4.78 is 0. The van der Waals surface area contributed by atoms with Gasteiger partial charge >= 0.3 is 0 Å². The lowest BCUT2D eigenvalue weighted by molar-refractivity contribution is -0.383. The Morgan fingerprint density at radius 3 is 2.67 bits per heavy atom. The molecule has 2 unspecified atom stereocenters. The minimum Gasteiger partial charge on any atom is -0.382 e. The molecular formula is C16H21N3O2. The van der Waals surface area contributed by atoms with Crippen LogP contribution in [0.1, 0.15) is 32.9 Å². The molecular weight excluding hydrogens is 266 g/mol. The maximum absolute atomic E-state index is 11.1. The second-order valence-electron chi connectivity index (χ2n) is 5.58. The number of hydrogen-bond donors (Lipinski definition) is 1. The summed E-state index contributed by atoms with van der Waals surface area (Å²) in [5.41, 5.74) is 1.87. The van der Waals surface area contributed by atoms with Crippen LogP contribution in [-0.4, -0.2) is 15.9 Å². The largest absolute Gasteiger partial charge is 0.382 e. The number of nitrogens with zero attached hydrogens (tertiary/aromatic N) is 2. The average molecular weight is 287 g/mol. The van der Waals surface area contributed by atoms with Gasteiger partial charge in [-0.05, 0) is 31.9 Å². The molecule has 0 aliphatic rings. The lowest BCUT2D eigenvalue weighted by Gasteiger charge is -2.22. The number of rotatable bonds is 5. The predicted octanol–water partition coefficient (Wildman–Crippen LogP) is 4.30. The van der Waals surface area contributed by atoms with Crippen molar-refractivity contribution in [3.8, 4) is 0 Å². The number of benzene rings is 1. The number of non-ortho nitro benzene ring substituents is 1. The molecule has 0 aliphatic heterocycles. The normalized spacial score (nSPS) is 13.9. The molecule has 0 spiro atoms. The predicted molar refractivity (Wildman–Crippen MR) is 85.7 cm³/mol. The minimum atomic E-state index is -0.360. The molecule has 0 aliphatic carbocycles. The SMILES string of the molecule is CCC(C)C(C)Nc1ccc([N+](=O)[O-])c2cnc(C)cc12. The number of fused-ring (bicyclic) bond motifs is 1. The third kappa shape index (κ3) is 3.12. The van der Waals surface area contributed by atoms with Crippen LogP contribution in [0.25, 0.3) is 10.8 Å². The van der Waals surface area contributed by atoms with Crippen LogP contribution in [0.15, 0.2) is 24.4 Å². The van der Waals surface area contributed by atoms with Gasteiger partial charge in [0, 0.05) is 35.1 Å². The number of pyridine rings is 1. The number of nitrogens with one attached hydrogen (secondary N) is 1. The van der Waals surface area contributed by atoms with Gasteiger partial charge in [0.1, 0.15) is 0 Å². The molecule has 0 saturated heterocycles. The highest BCUT2D eigenvalue weighted by Crippen LogP contribution is 2.32. The molecule has 112 valence electrons. The van der Waals surface area contributed by atoms with Gasteiger partial charge < -0.3 is 5.32 Å². The van der Waals surface area contributed by atoms with E-state index >= 15 is 0 Å². The molecule has 0 radical (unpaired) electrons. The van der Waals surface area contributed by atoms with Gasteiger partial charge in [0.25, 0.3) is 5.69 Å². The molecule has 21 heavy (non-hydrogen) atoms. The van der Waals surface area contributed by atoms with Crippen LogP contribution in [0.2, 0.25) is 0 Å². The number of nitro benzene ring substituents is 1. The van der Waals surface area contributed by atoms with Crippen molar-refractivity contribution in [3.63, 3.8) is 0 Å². The number of hydrogen-bond acceptors (Lipinski definition) is 4. The average Bonchev–Trinajstić information content (AvgIpc) is 2.46. The van der Waals surface area contributed by atoms with Gasteiger partial charge in [-0.15, -0.1) is 0 Å². The van der Waals surface area contributed by atoms with Crippen molar-refractivity contribution in [2.24, 2.45) is 5.92 Å². The van der Waals surface area contributed by atoms with Crippen LogP contribution in [-0.2, 0) is 0 Å². The second kappa shape index (κ2) is 6.08. The Morgan fingerprint density at radius 1 is 1.33 bits per heavy atom. The van der Waals surface area contributed by atoms with Gasteiger partial charge in [-0.3, -0.25) is 15.1 Å². The van der Waals surface area contributed by atoms with Crippen molar-refractivity contribution in [2.75, 3.05) is 5.32 Å². The van der Waals surface area contributed by atoms with Crippen LogP contribution >= 0.6 is 0 Å². The molecule has 5 heteroatoms. The van der Waals surface area contributed by atoms with Crippen LogP contribution in [0, 0.1) is 23.0 Å². The molecule has 5 nitrogen and oxygen atoms in total. The second-order valence-corrected chi connectivity index (χ2v) is 5.58. The van der Waals surface area contributed by atoms with E-state index in [1.54, 1.807) is 18.3 Å². The molecule has 2 rings (SSSR count). The van der Waals surface area contributed by atoms with E-state index in [1.807, 2.05) is 13.0 Å². The standard InChI is InChI=1S/C16H21N3O2/c1-5-10(2)12(4)18-15-6-7-16(19(20)21)14-9-17-11(3)8-13(14)15/h6-10,12,18H,5H2,1-4H3. The molecule has 1 heterocycles. The van der Waals surface area contributed by atoms with E-state index in [-0.39, 0.29) is 10.6 Å². The molecule has 1 N–H and O–H groups in total. The molecule has 0 fully saturated rings. The van der Waals surface area contributed by atoms with Crippen LogP contribution in [0.4, 0.5) is 11.4 Å². The first-order chi connectivity index (χ1) is 9.93. The Bertz CT molecular complexity index is 670. The van der Waals surface area contributed by atoms with Gasteiger partial charge in [0.2, 0.25) is 0 Å². The van der Waals surface area contributed by atoms with Gasteiger partial charge in [0.05, 0.1) is 10.3 Å². The smallest absolute Gasteiger partial charge is 0.278 e. The van der Waals surface area contributed by atoms with Crippen molar-refractivity contribution in [2.45, 2.75) is 40.2 Å². The molecule has 2 aromatic rings. The number of anilines is 1. The van der Waals surface area contributed by atoms with E-state index in [1.165, 1.54) is 0 Å². The molecule has 1 aromatic carbocycles. The summed E-state index contributed by atoms with van der Waals surface area (Å²) in [7, 11) is 0. The summed E-state index contributed by atoms with van der Waals surface area (Å²) in [6, 6.07) is 5.53. The van der Waals surface area contributed by atoms with Crippen LogP contribution < -0.4 is 5.32 Å². The van der Waals surface area contributed by atoms with E-state index in [4.69, 9.17) is 0 Å². The van der Waals surface area contributed by atoms with E-state index in [9.17, 15) is 10.1 Å². The Balaban J connectivity index is 2.52. The fraction of sp³-hybridized carbons (Fsp3) is 0.438. The maximum atomic E-state index is 11.1. The fourth-order valence-corrected chi connectivity index (χ4v) is 2.35. The van der Waals surface area contributed by atoms with Gasteiger partial charge in [-0.1, -0.05) is 20.3 Å². The molecule has 0 bridgehead atoms. The topological polar surface area (TPSA) is 68.1 Å². The minimum absolute atomic E-state index is 0.0965. The summed E-state index contributed by atoms with van der Waals surface area (Å²) in [6.07, 6.45) is 2.67. The zero-order valence-electron chi connectivity index (χ0n) is 12.9. The van der Waals surface area contributed by atoms with Crippen molar-refractivity contribution in [3.05, 3.63) is 40.2 Å². The number of nitro groups is 1. The highest BCUT2D eigenvalue weighted by atomic mass is 16.6. The quantitative estimate of drug-likeness (QED) is 0.657. The highest BCUT2D eigenvalue weighted by Gasteiger charge is 2.17. The van der Waals surface area contributed by atoms with E-state index < -0.39 is 0 Å². The van der Waals surface area contributed by atoms with Gasteiger partial charge in [-0.25, -0.2) is 0 Å². The molecule has 1 aromatic heterocycles. The zero-order valence-corrected chi connectivity index (χ0v) is 12.9. The maximum Gasteiger partial charge on any atom is 0.278 e. The van der Waals surface area contributed by atoms with E-state index in [0.717, 1.165) is 23.2 Å².